The fourth-order valence-electron chi connectivity index (χ4n) is 2.04. The Kier molecular flexibility index (Phi) is 5.32. The number of pyridine rings is 2. The van der Waals surface area contributed by atoms with Crippen molar-refractivity contribution in [2.24, 2.45) is 5.73 Å². The third-order valence-electron chi connectivity index (χ3n) is 2.99. The third-order valence-corrected chi connectivity index (χ3v) is 2.99. The Morgan fingerprint density at radius 3 is 2.68 bits per heavy atom. The molecule has 130 valence electrons. The molecule has 10 heteroatoms. The van der Waals surface area contributed by atoms with E-state index in [9.17, 15) is 8.78 Å². The molecule has 3 heterocycles. The van der Waals surface area contributed by atoms with Crippen molar-refractivity contribution in [2.75, 3.05) is 0 Å². The van der Waals surface area contributed by atoms with E-state index in [1.54, 1.807) is 0 Å². The molecular formula is C15H14F2N6O2. The van der Waals surface area contributed by atoms with E-state index in [1.807, 2.05) is 0 Å². The van der Waals surface area contributed by atoms with Crippen LogP contribution in [0.3, 0.4) is 0 Å². The van der Waals surface area contributed by atoms with Gasteiger partial charge in [0.25, 0.3) is 5.97 Å². The van der Waals surface area contributed by atoms with Crippen LogP contribution in [0, 0.1) is 17.0 Å². The Bertz CT molecular complexity index is 937. The Balaban J connectivity index is 0.000000511. The maximum atomic E-state index is 13.7. The number of fused-ring (bicyclic) bond motifs is 1. The number of rotatable bonds is 3. The molecule has 4 N–H and O–H groups in total. The molecule has 3 aromatic rings. The van der Waals surface area contributed by atoms with Crippen molar-refractivity contribution in [3.05, 3.63) is 53.6 Å². The van der Waals surface area contributed by atoms with E-state index in [4.69, 9.17) is 21.0 Å². The van der Waals surface area contributed by atoms with Crippen molar-refractivity contribution < 1.29 is 18.7 Å². The number of nitrogens with zero attached hydrogens (tertiary/aromatic N) is 4. The average molecular weight is 348 g/mol. The molecule has 0 spiro atoms. The van der Waals surface area contributed by atoms with E-state index in [0.717, 1.165) is 19.3 Å². The molecule has 0 aliphatic heterocycles. The van der Waals surface area contributed by atoms with Crippen molar-refractivity contribution in [3.8, 4) is 0 Å². The monoisotopic (exact) mass is 348 g/mol. The fraction of sp³-hybridized carbons (Fsp3) is 0.133. The summed E-state index contributed by atoms with van der Waals surface area (Å²) in [4.78, 5) is 16.6. The third kappa shape index (κ3) is 4.31. The van der Waals surface area contributed by atoms with E-state index >= 15 is 0 Å². The van der Waals surface area contributed by atoms with Crippen LogP contribution in [0.2, 0.25) is 0 Å². The quantitative estimate of drug-likeness (QED) is 0.486. The van der Waals surface area contributed by atoms with Crippen LogP contribution < -0.4 is 5.73 Å². The molecule has 0 atom stereocenters. The summed E-state index contributed by atoms with van der Waals surface area (Å²) in [5.74, 6) is -2.17. The lowest BCUT2D eigenvalue weighted by molar-refractivity contribution is -0.134. The zero-order valence-corrected chi connectivity index (χ0v) is 13.1. The second-order valence-corrected chi connectivity index (χ2v) is 4.93. The zero-order valence-electron chi connectivity index (χ0n) is 13.1. The van der Waals surface area contributed by atoms with Crippen LogP contribution >= 0.6 is 0 Å². The number of nitrogens with one attached hydrogen (secondary N) is 1. The fourth-order valence-corrected chi connectivity index (χ4v) is 2.04. The smallest absolute Gasteiger partial charge is 0.300 e. The van der Waals surface area contributed by atoms with Gasteiger partial charge in [-0.05, 0) is 12.1 Å². The maximum Gasteiger partial charge on any atom is 0.300 e. The summed E-state index contributed by atoms with van der Waals surface area (Å²) in [6.45, 7) is 1.16. The van der Waals surface area contributed by atoms with Gasteiger partial charge in [-0.15, -0.1) is 0 Å². The molecule has 3 aromatic heterocycles. The van der Waals surface area contributed by atoms with Crippen molar-refractivity contribution in [3.63, 3.8) is 0 Å². The molecule has 0 radical (unpaired) electrons. The summed E-state index contributed by atoms with van der Waals surface area (Å²) in [5, 5.41) is 19.3. The van der Waals surface area contributed by atoms with Gasteiger partial charge < -0.3 is 10.8 Å². The van der Waals surface area contributed by atoms with Gasteiger partial charge in [0.2, 0.25) is 0 Å². The largest absolute Gasteiger partial charge is 0.481 e. The van der Waals surface area contributed by atoms with Crippen LogP contribution in [0.4, 0.5) is 8.78 Å². The van der Waals surface area contributed by atoms with Gasteiger partial charge in [-0.2, -0.15) is 5.10 Å². The number of carboxylic acids is 1. The van der Waals surface area contributed by atoms with E-state index in [1.165, 1.54) is 23.0 Å². The number of carbonyl (C=O) groups is 1. The van der Waals surface area contributed by atoms with Gasteiger partial charge in [0, 0.05) is 18.7 Å². The van der Waals surface area contributed by atoms with Gasteiger partial charge in [0.05, 0.1) is 24.3 Å². The highest BCUT2D eigenvalue weighted by Crippen LogP contribution is 2.19. The van der Waals surface area contributed by atoms with Gasteiger partial charge in [-0.1, -0.05) is 0 Å². The first-order valence-electron chi connectivity index (χ1n) is 6.94. The van der Waals surface area contributed by atoms with Crippen molar-refractivity contribution >= 4 is 22.8 Å². The number of nitrogens with two attached hydrogens (primary N) is 1. The lowest BCUT2D eigenvalue weighted by Crippen LogP contribution is -2.13. The second kappa shape index (κ2) is 7.43. The molecule has 0 fully saturated rings. The van der Waals surface area contributed by atoms with Crippen molar-refractivity contribution in [1.82, 2.24) is 19.7 Å². The Hall–Kier alpha value is -3.43. The summed E-state index contributed by atoms with van der Waals surface area (Å²) in [6, 6.07) is 2.71. The lowest BCUT2D eigenvalue weighted by Gasteiger charge is -2.03. The van der Waals surface area contributed by atoms with Crippen LogP contribution in [0.15, 0.2) is 30.7 Å². The van der Waals surface area contributed by atoms with E-state index in [0.29, 0.717) is 16.6 Å². The van der Waals surface area contributed by atoms with Crippen LogP contribution in [-0.4, -0.2) is 36.7 Å². The predicted octanol–water partition coefficient (Wildman–Crippen LogP) is 1.53. The average Bonchev–Trinajstić information content (AvgIpc) is 2.87. The molecule has 0 saturated carbocycles. The number of aliphatic carboxylic acids is 1. The predicted molar refractivity (Wildman–Crippen MR) is 85.1 cm³/mol. The number of aromatic nitrogens is 4. The zero-order chi connectivity index (χ0) is 18.6. The minimum Gasteiger partial charge on any atom is -0.481 e. The van der Waals surface area contributed by atoms with Gasteiger partial charge in [-0.25, -0.2) is 18.4 Å². The van der Waals surface area contributed by atoms with Crippen LogP contribution in [0.1, 0.15) is 18.2 Å². The lowest BCUT2D eigenvalue weighted by atomic mass is 10.2. The number of hydrogen-bond acceptors (Lipinski definition) is 5. The van der Waals surface area contributed by atoms with E-state index < -0.39 is 17.6 Å². The molecule has 3 rings (SSSR count). The standard InChI is InChI=1S/C13H10F2N6.C2H4O2/c14-8-3-9-11(12(16)17)20-21(13(9)19-4-8)6-7-1-2-18-5-10(7)15;1-2(3)4/h1-5H,6H2,(H3,16,17);1H3,(H,3,4). The van der Waals surface area contributed by atoms with Gasteiger partial charge in [0.1, 0.15) is 23.2 Å². The summed E-state index contributed by atoms with van der Waals surface area (Å²) < 4.78 is 28.3. The number of halogens is 2. The van der Waals surface area contributed by atoms with Crippen LogP contribution in [-0.2, 0) is 11.3 Å². The van der Waals surface area contributed by atoms with Crippen LogP contribution in [0.25, 0.3) is 11.0 Å². The minimum absolute atomic E-state index is 0.0801. The molecule has 8 nitrogen and oxygen atoms in total. The van der Waals surface area contributed by atoms with Crippen molar-refractivity contribution in [2.45, 2.75) is 13.5 Å². The maximum absolute atomic E-state index is 13.7. The number of hydrogen-bond donors (Lipinski definition) is 3. The highest BCUT2D eigenvalue weighted by atomic mass is 19.1. The summed E-state index contributed by atoms with van der Waals surface area (Å²) in [6.07, 6.45) is 3.59. The van der Waals surface area contributed by atoms with Crippen molar-refractivity contribution in [1.29, 1.82) is 5.41 Å². The highest BCUT2D eigenvalue weighted by Gasteiger charge is 2.16. The molecule has 0 amide bonds. The number of amidine groups is 1. The molecule has 0 unspecified atom stereocenters. The first kappa shape index (κ1) is 17.9. The Labute approximate surface area is 140 Å². The first-order valence-corrected chi connectivity index (χ1v) is 6.94. The normalized spacial score (nSPS) is 10.2. The molecule has 0 saturated heterocycles. The first-order chi connectivity index (χ1) is 11.8. The molecule has 0 bridgehead atoms. The number of nitrogen functional groups attached to an aromatic ring is 1. The van der Waals surface area contributed by atoms with Gasteiger partial charge in [0.15, 0.2) is 5.65 Å². The molecular weight excluding hydrogens is 334 g/mol. The van der Waals surface area contributed by atoms with Crippen LogP contribution in [0.5, 0.6) is 0 Å². The van der Waals surface area contributed by atoms with Gasteiger partial charge >= 0.3 is 0 Å². The minimum atomic E-state index is -0.833. The van der Waals surface area contributed by atoms with E-state index in [2.05, 4.69) is 15.1 Å². The summed E-state index contributed by atoms with van der Waals surface area (Å²) >= 11 is 0. The SMILES string of the molecule is CC(=O)O.N=C(N)c1nn(Cc2ccncc2F)c2ncc(F)cc12. The molecule has 25 heavy (non-hydrogen) atoms. The summed E-state index contributed by atoms with van der Waals surface area (Å²) in [7, 11) is 0. The Morgan fingerprint density at radius 1 is 1.40 bits per heavy atom. The molecule has 0 aliphatic rings. The molecule has 0 aromatic carbocycles. The number of carboxylic acid groups (broad SMARTS) is 1. The molecule has 0 aliphatic carbocycles. The van der Waals surface area contributed by atoms with Gasteiger partial charge in [-0.3, -0.25) is 15.2 Å². The van der Waals surface area contributed by atoms with E-state index in [-0.39, 0.29) is 18.1 Å². The topological polar surface area (TPSA) is 131 Å². The Morgan fingerprint density at radius 2 is 2.08 bits per heavy atom. The summed E-state index contributed by atoms with van der Waals surface area (Å²) in [5.41, 5.74) is 6.25. The second-order valence-electron chi connectivity index (χ2n) is 4.93. The highest BCUT2D eigenvalue weighted by molar-refractivity contribution is 6.04.